The number of fused-ring (bicyclic) bond motifs is 1. The standard InChI is InChI=1S/C18H17N5O3S/c19-17-16(18-21-13-3-1-2-4-14(13)22-18)15(24)10-23(17)9-11-5-7-12(8-6-11)27(20,25)26/h1-8,19,24H,9-10H2,(H,21,22)(H2,20,25,26). The number of aromatic amines is 1. The zero-order valence-electron chi connectivity index (χ0n) is 14.2. The van der Waals surface area contributed by atoms with E-state index in [1.807, 2.05) is 24.3 Å². The van der Waals surface area contributed by atoms with E-state index in [2.05, 4.69) is 9.97 Å². The van der Waals surface area contributed by atoms with Crippen LogP contribution in [0.15, 0.2) is 59.2 Å². The van der Waals surface area contributed by atoms with E-state index < -0.39 is 10.0 Å². The number of rotatable bonds is 4. The molecular formula is C18H17N5O3S. The maximum Gasteiger partial charge on any atom is 0.238 e. The van der Waals surface area contributed by atoms with E-state index in [-0.39, 0.29) is 23.0 Å². The summed E-state index contributed by atoms with van der Waals surface area (Å²) in [4.78, 5) is 9.30. The van der Waals surface area contributed by atoms with Crippen LogP contribution in [0.2, 0.25) is 0 Å². The lowest BCUT2D eigenvalue weighted by molar-refractivity contribution is 0.347. The minimum atomic E-state index is -3.74. The summed E-state index contributed by atoms with van der Waals surface area (Å²) >= 11 is 0. The van der Waals surface area contributed by atoms with Crippen LogP contribution in [0.25, 0.3) is 16.6 Å². The van der Waals surface area contributed by atoms with Crippen LogP contribution in [-0.2, 0) is 16.6 Å². The van der Waals surface area contributed by atoms with Gasteiger partial charge in [-0.25, -0.2) is 18.5 Å². The van der Waals surface area contributed by atoms with E-state index in [0.717, 1.165) is 16.6 Å². The number of imidazole rings is 1. The zero-order valence-corrected chi connectivity index (χ0v) is 15.0. The number of benzene rings is 2. The number of hydrogen-bond acceptors (Lipinski definition) is 5. The summed E-state index contributed by atoms with van der Waals surface area (Å²) in [5.41, 5.74) is 2.76. The van der Waals surface area contributed by atoms with Gasteiger partial charge in [-0.15, -0.1) is 0 Å². The smallest absolute Gasteiger partial charge is 0.238 e. The molecule has 3 aromatic rings. The number of amidine groups is 1. The zero-order chi connectivity index (χ0) is 19.2. The van der Waals surface area contributed by atoms with E-state index in [1.54, 1.807) is 17.0 Å². The minimum absolute atomic E-state index is 0.0340. The highest BCUT2D eigenvalue weighted by Gasteiger charge is 2.30. The SMILES string of the molecule is N=C1C(c2nc3ccccc3[nH]2)=C(O)CN1Cc1ccc(S(N)(=O)=O)cc1. The van der Waals surface area contributed by atoms with Crippen LogP contribution in [0, 0.1) is 5.41 Å². The normalized spacial score (nSPS) is 15.1. The number of para-hydroxylation sites is 2. The summed E-state index contributed by atoms with van der Waals surface area (Å²) in [7, 11) is -3.74. The molecule has 0 saturated heterocycles. The number of aliphatic hydroxyl groups excluding tert-OH is 1. The Kier molecular flexibility index (Phi) is 3.97. The fourth-order valence-electron chi connectivity index (χ4n) is 3.09. The fraction of sp³-hybridized carbons (Fsp3) is 0.111. The van der Waals surface area contributed by atoms with Gasteiger partial charge in [0.1, 0.15) is 17.4 Å². The maximum absolute atomic E-state index is 11.3. The molecule has 0 saturated carbocycles. The van der Waals surface area contributed by atoms with E-state index in [9.17, 15) is 13.5 Å². The van der Waals surface area contributed by atoms with Crippen molar-refractivity contribution in [2.24, 2.45) is 5.14 Å². The third kappa shape index (κ3) is 3.18. The molecule has 0 atom stereocenters. The lowest BCUT2D eigenvalue weighted by Crippen LogP contribution is -2.26. The first-order valence-electron chi connectivity index (χ1n) is 8.16. The van der Waals surface area contributed by atoms with Crippen LogP contribution in [0.4, 0.5) is 0 Å². The van der Waals surface area contributed by atoms with Gasteiger partial charge in [-0.05, 0) is 29.8 Å². The molecule has 8 nitrogen and oxygen atoms in total. The first kappa shape index (κ1) is 17.3. The van der Waals surface area contributed by atoms with E-state index >= 15 is 0 Å². The number of nitrogens with one attached hydrogen (secondary N) is 2. The molecule has 2 aromatic carbocycles. The highest BCUT2D eigenvalue weighted by molar-refractivity contribution is 7.89. The van der Waals surface area contributed by atoms with Crippen LogP contribution in [0.1, 0.15) is 11.4 Å². The lowest BCUT2D eigenvalue weighted by atomic mass is 10.2. The average Bonchev–Trinajstić information content (AvgIpc) is 3.15. The molecule has 9 heteroatoms. The molecule has 0 aliphatic carbocycles. The van der Waals surface area contributed by atoms with Gasteiger partial charge in [-0.3, -0.25) is 5.41 Å². The molecule has 0 fully saturated rings. The van der Waals surface area contributed by atoms with Crippen molar-refractivity contribution in [3.8, 4) is 0 Å². The first-order chi connectivity index (χ1) is 12.8. The van der Waals surface area contributed by atoms with Crippen molar-refractivity contribution >= 4 is 32.5 Å². The molecule has 0 unspecified atom stereocenters. The Hall–Kier alpha value is -3.17. The predicted octanol–water partition coefficient (Wildman–Crippen LogP) is 1.97. The quantitative estimate of drug-likeness (QED) is 0.546. The van der Waals surface area contributed by atoms with Crippen LogP contribution < -0.4 is 5.14 Å². The fourth-order valence-corrected chi connectivity index (χ4v) is 3.61. The average molecular weight is 383 g/mol. The second-order valence-electron chi connectivity index (χ2n) is 6.32. The van der Waals surface area contributed by atoms with Crippen LogP contribution in [-0.4, -0.2) is 40.8 Å². The third-order valence-corrected chi connectivity index (χ3v) is 5.36. The van der Waals surface area contributed by atoms with Crippen LogP contribution in [0.3, 0.4) is 0 Å². The molecule has 1 aliphatic rings. The third-order valence-electron chi connectivity index (χ3n) is 4.43. The number of H-pyrrole nitrogens is 1. The number of aliphatic hydroxyl groups is 1. The Morgan fingerprint density at radius 3 is 2.56 bits per heavy atom. The molecule has 0 radical (unpaired) electrons. The maximum atomic E-state index is 11.3. The molecule has 0 spiro atoms. The van der Waals surface area contributed by atoms with Gasteiger partial charge in [0, 0.05) is 6.54 Å². The molecule has 27 heavy (non-hydrogen) atoms. The van der Waals surface area contributed by atoms with Crippen molar-refractivity contribution in [1.82, 2.24) is 14.9 Å². The summed E-state index contributed by atoms with van der Waals surface area (Å²) < 4.78 is 22.7. The molecule has 2 heterocycles. The molecule has 0 amide bonds. The van der Waals surface area contributed by atoms with Crippen molar-refractivity contribution < 1.29 is 13.5 Å². The number of hydrogen-bond donors (Lipinski definition) is 4. The second kappa shape index (κ2) is 6.22. The molecule has 1 aromatic heterocycles. The predicted molar refractivity (Wildman–Crippen MR) is 102 cm³/mol. The topological polar surface area (TPSA) is 136 Å². The molecule has 5 N–H and O–H groups in total. The number of sulfonamides is 1. The van der Waals surface area contributed by atoms with Crippen LogP contribution >= 0.6 is 0 Å². The summed E-state index contributed by atoms with van der Waals surface area (Å²) in [6.07, 6.45) is 0. The Morgan fingerprint density at radius 1 is 1.19 bits per heavy atom. The van der Waals surface area contributed by atoms with Gasteiger partial charge in [0.2, 0.25) is 10.0 Å². The van der Waals surface area contributed by atoms with Crippen LogP contribution in [0.5, 0.6) is 0 Å². The Bertz CT molecular complexity index is 1150. The van der Waals surface area contributed by atoms with Gasteiger partial charge in [0.25, 0.3) is 0 Å². The van der Waals surface area contributed by atoms with Crippen molar-refractivity contribution in [3.63, 3.8) is 0 Å². The highest BCUT2D eigenvalue weighted by Crippen LogP contribution is 2.28. The van der Waals surface area contributed by atoms with E-state index in [4.69, 9.17) is 10.5 Å². The Morgan fingerprint density at radius 2 is 1.89 bits per heavy atom. The molecule has 4 rings (SSSR count). The summed E-state index contributed by atoms with van der Waals surface area (Å²) in [5.74, 6) is 0.674. The Labute approximate surface area is 155 Å². The largest absolute Gasteiger partial charge is 0.510 e. The monoisotopic (exact) mass is 383 g/mol. The summed E-state index contributed by atoms with van der Waals surface area (Å²) in [6, 6.07) is 13.6. The summed E-state index contributed by atoms with van der Waals surface area (Å²) in [5, 5.41) is 23.9. The van der Waals surface area contributed by atoms with Crippen molar-refractivity contribution in [2.75, 3.05) is 6.54 Å². The van der Waals surface area contributed by atoms with Gasteiger partial charge < -0.3 is 15.0 Å². The molecule has 0 bridgehead atoms. The Balaban J connectivity index is 1.57. The van der Waals surface area contributed by atoms with Crippen molar-refractivity contribution in [2.45, 2.75) is 11.4 Å². The molecular weight excluding hydrogens is 366 g/mol. The molecule has 138 valence electrons. The van der Waals surface area contributed by atoms with E-state index in [0.29, 0.717) is 17.9 Å². The minimum Gasteiger partial charge on any atom is -0.510 e. The first-order valence-corrected chi connectivity index (χ1v) is 9.70. The van der Waals surface area contributed by atoms with Gasteiger partial charge in [0.15, 0.2) is 0 Å². The molecule has 1 aliphatic heterocycles. The van der Waals surface area contributed by atoms with Gasteiger partial charge in [0.05, 0.1) is 28.0 Å². The highest BCUT2D eigenvalue weighted by atomic mass is 32.2. The van der Waals surface area contributed by atoms with E-state index in [1.165, 1.54) is 12.1 Å². The lowest BCUT2D eigenvalue weighted by Gasteiger charge is -2.18. The number of aromatic nitrogens is 2. The second-order valence-corrected chi connectivity index (χ2v) is 7.88. The van der Waals surface area contributed by atoms with Gasteiger partial charge in [-0.2, -0.15) is 0 Å². The van der Waals surface area contributed by atoms with Gasteiger partial charge in [-0.1, -0.05) is 24.3 Å². The van der Waals surface area contributed by atoms with Gasteiger partial charge >= 0.3 is 0 Å². The number of nitrogens with two attached hydrogens (primary N) is 1. The summed E-state index contributed by atoms with van der Waals surface area (Å²) in [6.45, 7) is 0.527. The van der Waals surface area contributed by atoms with Crippen molar-refractivity contribution in [1.29, 1.82) is 5.41 Å². The van der Waals surface area contributed by atoms with Crippen molar-refractivity contribution in [3.05, 3.63) is 65.7 Å². The number of nitrogens with zero attached hydrogens (tertiary/aromatic N) is 2. The number of primary sulfonamides is 1.